The number of benzene rings is 1. The van der Waals surface area contributed by atoms with Crippen molar-refractivity contribution in [3.05, 3.63) is 88.5 Å². The van der Waals surface area contributed by atoms with E-state index in [-0.39, 0.29) is 37.3 Å². The Balaban J connectivity index is 0.000000300. The molecular weight excluding hydrogens is 724 g/mol. The third-order valence-electron chi connectivity index (χ3n) is 8.79. The van der Waals surface area contributed by atoms with E-state index in [0.29, 0.717) is 0 Å². The third kappa shape index (κ3) is 5.98. The van der Waals surface area contributed by atoms with Crippen molar-refractivity contribution in [3.63, 3.8) is 0 Å². The standard InChI is InChI=1S/C28H29N5.C9H13N.Pt/c1-27(2,3)21-15-20(30-31-21)23-17-11-6-9-16-10-7-12-18(22(16)17)24(29-23)25-19-13-8-14-28(4,5)26(19)33-32-25;1-9(2,3)8-4-6-10-7-5-8;/h6-7,9,11-12,15H,8,10,13-14H2,1-5H3;4-7H,1-3H3;/q-2;;+2. The summed E-state index contributed by atoms with van der Waals surface area (Å²) in [6.45, 7) is 17.6. The first-order valence-electron chi connectivity index (χ1n) is 15.4. The second kappa shape index (κ2) is 11.9. The summed E-state index contributed by atoms with van der Waals surface area (Å²) < 4.78 is 0. The topological polar surface area (TPSA) is 79.8 Å². The number of pyridine rings is 2. The largest absolute Gasteiger partial charge is 2.00 e. The van der Waals surface area contributed by atoms with E-state index in [4.69, 9.17) is 10.1 Å². The van der Waals surface area contributed by atoms with Gasteiger partial charge in [-0.25, -0.2) is 0 Å². The quantitative estimate of drug-likeness (QED) is 0.181. The van der Waals surface area contributed by atoms with Gasteiger partial charge in [0.15, 0.2) is 0 Å². The van der Waals surface area contributed by atoms with Crippen molar-refractivity contribution >= 4 is 16.8 Å². The fourth-order valence-electron chi connectivity index (χ4n) is 6.24. The second-order valence-electron chi connectivity index (χ2n) is 14.6. The maximum absolute atomic E-state index is 5.25. The van der Waals surface area contributed by atoms with E-state index in [1.807, 2.05) is 12.4 Å². The molecule has 0 saturated heterocycles. The zero-order valence-corrected chi connectivity index (χ0v) is 29.4. The van der Waals surface area contributed by atoms with Crippen LogP contribution in [0.5, 0.6) is 0 Å². The van der Waals surface area contributed by atoms with Gasteiger partial charge in [-0.2, -0.15) is 0 Å². The molecule has 0 fully saturated rings. The predicted molar refractivity (Wildman–Crippen MR) is 175 cm³/mol. The Kier molecular flexibility index (Phi) is 8.63. The van der Waals surface area contributed by atoms with Crippen LogP contribution >= 0.6 is 0 Å². The molecule has 7 heteroatoms. The average Bonchev–Trinajstić information content (AvgIpc) is 3.63. The van der Waals surface area contributed by atoms with Crippen molar-refractivity contribution in [2.24, 2.45) is 0 Å². The van der Waals surface area contributed by atoms with Crippen LogP contribution in [0.25, 0.3) is 39.6 Å². The molecule has 0 atom stereocenters. The molecule has 2 aliphatic rings. The summed E-state index contributed by atoms with van der Waals surface area (Å²) in [6, 6.07) is 12.7. The molecule has 1 aromatic carbocycles. The molecule has 0 radical (unpaired) electrons. The van der Waals surface area contributed by atoms with Crippen LogP contribution < -0.4 is 10.2 Å². The first-order valence-corrected chi connectivity index (χ1v) is 15.4. The van der Waals surface area contributed by atoms with Gasteiger partial charge in [0, 0.05) is 45.6 Å². The number of hydrogen-bond donors (Lipinski definition) is 0. The number of aromatic nitrogens is 6. The minimum Gasteiger partial charge on any atom is -0.573 e. The van der Waals surface area contributed by atoms with E-state index >= 15 is 0 Å². The zero-order chi connectivity index (χ0) is 30.6. The summed E-state index contributed by atoms with van der Waals surface area (Å²) in [4.78, 5) is 9.21. The van der Waals surface area contributed by atoms with Gasteiger partial charge in [-0.1, -0.05) is 103 Å². The van der Waals surface area contributed by atoms with Crippen LogP contribution in [-0.4, -0.2) is 20.2 Å². The summed E-state index contributed by atoms with van der Waals surface area (Å²) in [7, 11) is 0. The molecule has 0 unspecified atom stereocenters. The molecule has 0 bridgehead atoms. The molecule has 0 amide bonds. The summed E-state index contributed by atoms with van der Waals surface area (Å²) in [6.07, 6.45) is 12.3. The van der Waals surface area contributed by atoms with Gasteiger partial charge in [0.2, 0.25) is 0 Å². The molecule has 0 N–H and O–H groups in total. The van der Waals surface area contributed by atoms with E-state index in [1.165, 1.54) is 22.1 Å². The summed E-state index contributed by atoms with van der Waals surface area (Å²) in [5, 5.41) is 20.9. The molecule has 7 rings (SSSR count). The minimum absolute atomic E-state index is 0. The van der Waals surface area contributed by atoms with Gasteiger partial charge in [-0.15, -0.1) is 0 Å². The molecular formula is C37H42N6Pt. The molecule has 6 nitrogen and oxygen atoms in total. The number of rotatable bonds is 2. The fourth-order valence-corrected chi connectivity index (χ4v) is 6.24. The Morgan fingerprint density at radius 2 is 1.61 bits per heavy atom. The third-order valence-corrected chi connectivity index (χ3v) is 8.79. The Morgan fingerprint density at radius 3 is 2.27 bits per heavy atom. The van der Waals surface area contributed by atoms with Gasteiger partial charge in [0.25, 0.3) is 0 Å². The van der Waals surface area contributed by atoms with Crippen molar-refractivity contribution in [1.82, 2.24) is 30.4 Å². The van der Waals surface area contributed by atoms with E-state index in [0.717, 1.165) is 70.8 Å². The molecule has 4 aromatic heterocycles. The Hall–Kier alpha value is -3.37. The average molecular weight is 766 g/mol. The van der Waals surface area contributed by atoms with Gasteiger partial charge < -0.3 is 20.4 Å². The number of hydrogen-bond acceptors (Lipinski definition) is 4. The summed E-state index contributed by atoms with van der Waals surface area (Å²) in [5.41, 5.74) is 11.0. The van der Waals surface area contributed by atoms with Gasteiger partial charge in [0.1, 0.15) is 0 Å². The van der Waals surface area contributed by atoms with Crippen molar-refractivity contribution in [2.75, 3.05) is 0 Å². The van der Waals surface area contributed by atoms with Crippen molar-refractivity contribution in [1.29, 1.82) is 0 Å². The van der Waals surface area contributed by atoms with Crippen molar-refractivity contribution < 1.29 is 21.1 Å². The van der Waals surface area contributed by atoms with E-state index in [1.54, 1.807) is 0 Å². The molecule has 2 aliphatic carbocycles. The molecule has 0 saturated carbocycles. The van der Waals surface area contributed by atoms with E-state index in [9.17, 15) is 0 Å². The van der Waals surface area contributed by atoms with Crippen LogP contribution in [0.15, 0.2) is 54.9 Å². The van der Waals surface area contributed by atoms with Gasteiger partial charge in [0.05, 0.1) is 11.4 Å². The zero-order valence-electron chi connectivity index (χ0n) is 27.1. The van der Waals surface area contributed by atoms with Gasteiger partial charge in [-0.05, 0) is 65.3 Å². The summed E-state index contributed by atoms with van der Waals surface area (Å²) >= 11 is 0. The fraction of sp³-hybridized carbons (Fsp3) is 0.405. The van der Waals surface area contributed by atoms with Crippen LogP contribution in [0.1, 0.15) is 102 Å². The van der Waals surface area contributed by atoms with Gasteiger partial charge in [-0.3, -0.25) is 9.97 Å². The van der Waals surface area contributed by atoms with Crippen LogP contribution in [0.3, 0.4) is 0 Å². The molecule has 230 valence electrons. The second-order valence-corrected chi connectivity index (χ2v) is 14.6. The van der Waals surface area contributed by atoms with Crippen LogP contribution in [0.2, 0.25) is 0 Å². The van der Waals surface area contributed by atoms with Crippen LogP contribution in [0.4, 0.5) is 0 Å². The number of fused-ring (bicyclic) bond motifs is 1. The first kappa shape index (κ1) is 32.0. The van der Waals surface area contributed by atoms with E-state index in [2.05, 4.69) is 124 Å². The normalized spacial score (nSPS) is 15.3. The van der Waals surface area contributed by atoms with E-state index < -0.39 is 0 Å². The Labute approximate surface area is 275 Å². The number of nitrogens with zero attached hydrogens (tertiary/aromatic N) is 6. The molecule has 5 aromatic rings. The van der Waals surface area contributed by atoms with Crippen LogP contribution in [0, 0.1) is 0 Å². The molecule has 0 aliphatic heterocycles. The van der Waals surface area contributed by atoms with Crippen molar-refractivity contribution in [2.45, 2.75) is 97.3 Å². The first-order chi connectivity index (χ1) is 20.3. The monoisotopic (exact) mass is 765 g/mol. The Morgan fingerprint density at radius 1 is 0.864 bits per heavy atom. The smallest absolute Gasteiger partial charge is 0.573 e. The number of allylic oxidation sites excluding steroid dienone is 1. The SMILES string of the molecule is CC(C)(C)c1cc(-c2nc(-c3[n-]nc4c3CCCC4(C)C)c3c4c(cccc24)CC=C3)[n-]n1.CC(C)(C)c1ccncc1.[Pt+2]. The maximum atomic E-state index is 5.25. The van der Waals surface area contributed by atoms with Crippen LogP contribution in [-0.2, 0) is 50.2 Å². The van der Waals surface area contributed by atoms with Crippen molar-refractivity contribution in [3.8, 4) is 22.8 Å². The maximum Gasteiger partial charge on any atom is 2.00 e. The molecule has 4 heterocycles. The molecule has 44 heavy (non-hydrogen) atoms. The van der Waals surface area contributed by atoms with Gasteiger partial charge >= 0.3 is 21.1 Å². The summed E-state index contributed by atoms with van der Waals surface area (Å²) in [5.74, 6) is 0. The predicted octanol–water partition coefficient (Wildman–Crippen LogP) is 8.13. The minimum atomic E-state index is -0.0645. The molecule has 0 spiro atoms. The Bertz CT molecular complexity index is 1810.